The van der Waals surface area contributed by atoms with Crippen LogP contribution in [0.4, 0.5) is 0 Å². The van der Waals surface area contributed by atoms with Crippen LogP contribution in [0.1, 0.15) is 32.1 Å². The molecule has 0 bridgehead atoms. The van der Waals surface area contributed by atoms with Crippen molar-refractivity contribution in [2.24, 2.45) is 5.92 Å². The van der Waals surface area contributed by atoms with Crippen LogP contribution in [0.2, 0.25) is 0 Å². The molecule has 0 aromatic heterocycles. The maximum Gasteiger partial charge on any atom is 0.215 e. The van der Waals surface area contributed by atoms with Crippen molar-refractivity contribution < 1.29 is 8.42 Å². The van der Waals surface area contributed by atoms with Crippen LogP contribution in [0.15, 0.2) is 0 Å². The van der Waals surface area contributed by atoms with Crippen LogP contribution in [-0.4, -0.2) is 44.7 Å². The van der Waals surface area contributed by atoms with Gasteiger partial charge in [-0.3, -0.25) is 0 Å². The van der Waals surface area contributed by atoms with Gasteiger partial charge in [0.05, 0.1) is 5.75 Å². The van der Waals surface area contributed by atoms with Gasteiger partial charge in [-0.05, 0) is 38.1 Å². The molecule has 2 rings (SSSR count). The van der Waals surface area contributed by atoms with Gasteiger partial charge in [-0.15, -0.1) is 0 Å². The Bertz CT molecular complexity index is 319. The fourth-order valence-corrected chi connectivity index (χ4v) is 3.92. The van der Waals surface area contributed by atoms with Crippen molar-refractivity contribution in [1.82, 2.24) is 9.62 Å². The SMILES string of the molecule is CN(CC1CCC1)S(=O)(=O)CC1CCCN1. The molecule has 1 saturated carbocycles. The highest BCUT2D eigenvalue weighted by molar-refractivity contribution is 7.89. The molecule has 1 saturated heterocycles. The molecular formula is C11H22N2O2S. The standard InChI is InChI=1S/C11H22N2O2S/c1-13(8-10-4-2-5-10)16(14,15)9-11-6-3-7-12-11/h10-12H,2-9H2,1H3. The number of sulfonamides is 1. The summed E-state index contributed by atoms with van der Waals surface area (Å²) in [5.74, 6) is 0.882. The largest absolute Gasteiger partial charge is 0.313 e. The quantitative estimate of drug-likeness (QED) is 0.780. The van der Waals surface area contributed by atoms with E-state index in [4.69, 9.17) is 0 Å². The molecule has 0 amide bonds. The van der Waals surface area contributed by atoms with E-state index in [2.05, 4.69) is 5.32 Å². The molecule has 4 nitrogen and oxygen atoms in total. The summed E-state index contributed by atoms with van der Waals surface area (Å²) < 4.78 is 25.7. The van der Waals surface area contributed by atoms with E-state index in [-0.39, 0.29) is 11.8 Å². The van der Waals surface area contributed by atoms with Crippen molar-refractivity contribution in [2.75, 3.05) is 25.9 Å². The molecule has 16 heavy (non-hydrogen) atoms. The molecule has 1 heterocycles. The first-order valence-corrected chi connectivity index (χ1v) is 7.86. The Hall–Kier alpha value is -0.130. The molecule has 1 atom stereocenters. The molecule has 2 aliphatic rings. The molecule has 0 aromatic rings. The predicted molar refractivity (Wildman–Crippen MR) is 64.8 cm³/mol. The Morgan fingerprint density at radius 1 is 1.25 bits per heavy atom. The van der Waals surface area contributed by atoms with Crippen LogP contribution in [0.5, 0.6) is 0 Å². The van der Waals surface area contributed by atoms with E-state index in [0.29, 0.717) is 5.92 Å². The van der Waals surface area contributed by atoms with Gasteiger partial charge in [0, 0.05) is 19.6 Å². The number of hydrogen-bond donors (Lipinski definition) is 1. The van der Waals surface area contributed by atoms with E-state index in [9.17, 15) is 8.42 Å². The van der Waals surface area contributed by atoms with Gasteiger partial charge in [0.1, 0.15) is 0 Å². The highest BCUT2D eigenvalue weighted by atomic mass is 32.2. The fraction of sp³-hybridized carbons (Fsp3) is 1.00. The van der Waals surface area contributed by atoms with Crippen LogP contribution in [-0.2, 0) is 10.0 Å². The van der Waals surface area contributed by atoms with Crippen LogP contribution in [0.3, 0.4) is 0 Å². The summed E-state index contributed by atoms with van der Waals surface area (Å²) in [5.41, 5.74) is 0. The van der Waals surface area contributed by atoms with E-state index in [1.165, 1.54) is 19.3 Å². The zero-order valence-corrected chi connectivity index (χ0v) is 10.8. The first-order valence-electron chi connectivity index (χ1n) is 6.25. The second-order valence-electron chi connectivity index (χ2n) is 5.15. The van der Waals surface area contributed by atoms with Gasteiger partial charge in [-0.25, -0.2) is 12.7 Å². The number of nitrogens with zero attached hydrogens (tertiary/aromatic N) is 1. The smallest absolute Gasteiger partial charge is 0.215 e. The molecule has 0 spiro atoms. The van der Waals surface area contributed by atoms with Crippen molar-refractivity contribution in [3.8, 4) is 0 Å². The molecule has 0 radical (unpaired) electrons. The Labute approximate surface area is 98.4 Å². The van der Waals surface area contributed by atoms with Crippen molar-refractivity contribution in [1.29, 1.82) is 0 Å². The maximum absolute atomic E-state index is 12.0. The van der Waals surface area contributed by atoms with Gasteiger partial charge in [-0.1, -0.05) is 6.42 Å². The van der Waals surface area contributed by atoms with Crippen molar-refractivity contribution in [3.63, 3.8) is 0 Å². The normalized spacial score (nSPS) is 27.2. The average Bonchev–Trinajstić information content (AvgIpc) is 2.62. The fourth-order valence-electron chi connectivity index (χ4n) is 2.43. The zero-order valence-electron chi connectivity index (χ0n) is 9.98. The third kappa shape index (κ3) is 2.96. The number of rotatable bonds is 5. The first-order chi connectivity index (χ1) is 7.58. The lowest BCUT2D eigenvalue weighted by Gasteiger charge is -2.30. The van der Waals surface area contributed by atoms with E-state index >= 15 is 0 Å². The molecule has 1 aliphatic heterocycles. The van der Waals surface area contributed by atoms with E-state index < -0.39 is 10.0 Å². The maximum atomic E-state index is 12.0. The summed E-state index contributed by atoms with van der Waals surface area (Å²) in [6.07, 6.45) is 5.76. The van der Waals surface area contributed by atoms with Crippen LogP contribution < -0.4 is 5.32 Å². The third-order valence-corrected chi connectivity index (χ3v) is 5.71. The minimum atomic E-state index is -3.04. The number of nitrogens with one attached hydrogen (secondary N) is 1. The third-order valence-electron chi connectivity index (χ3n) is 3.79. The molecule has 94 valence electrons. The summed E-state index contributed by atoms with van der Waals surface area (Å²) in [5, 5.41) is 3.24. The Morgan fingerprint density at radius 2 is 2.00 bits per heavy atom. The van der Waals surface area contributed by atoms with Crippen LogP contribution in [0.25, 0.3) is 0 Å². The minimum absolute atomic E-state index is 0.175. The zero-order chi connectivity index (χ0) is 11.6. The molecule has 1 unspecified atom stereocenters. The topological polar surface area (TPSA) is 49.4 Å². The van der Waals surface area contributed by atoms with Gasteiger partial charge in [-0.2, -0.15) is 0 Å². The van der Waals surface area contributed by atoms with Crippen LogP contribution in [0, 0.1) is 5.92 Å². The highest BCUT2D eigenvalue weighted by Crippen LogP contribution is 2.27. The Morgan fingerprint density at radius 3 is 2.50 bits per heavy atom. The van der Waals surface area contributed by atoms with Gasteiger partial charge in [0.25, 0.3) is 0 Å². The van der Waals surface area contributed by atoms with Gasteiger partial charge in [0.2, 0.25) is 10.0 Å². The molecule has 5 heteroatoms. The second kappa shape index (κ2) is 5.02. The Kier molecular flexibility index (Phi) is 3.87. The molecule has 2 fully saturated rings. The lowest BCUT2D eigenvalue weighted by Crippen LogP contribution is -2.40. The summed E-state index contributed by atoms with van der Waals surface area (Å²) in [4.78, 5) is 0. The van der Waals surface area contributed by atoms with Crippen molar-refractivity contribution >= 4 is 10.0 Å². The molecule has 1 aliphatic carbocycles. The summed E-state index contributed by atoms with van der Waals surface area (Å²) in [6, 6.07) is 0.175. The van der Waals surface area contributed by atoms with Crippen molar-refractivity contribution in [3.05, 3.63) is 0 Å². The van der Waals surface area contributed by atoms with Gasteiger partial charge < -0.3 is 5.32 Å². The monoisotopic (exact) mass is 246 g/mol. The Balaban J connectivity index is 1.84. The predicted octanol–water partition coefficient (Wildman–Crippen LogP) is 0.800. The van der Waals surface area contributed by atoms with Crippen LogP contribution >= 0.6 is 0 Å². The molecule has 0 aromatic carbocycles. The lowest BCUT2D eigenvalue weighted by molar-refractivity contribution is 0.262. The minimum Gasteiger partial charge on any atom is -0.313 e. The van der Waals surface area contributed by atoms with Crippen molar-refractivity contribution in [2.45, 2.75) is 38.1 Å². The molecule has 1 N–H and O–H groups in total. The second-order valence-corrected chi connectivity index (χ2v) is 7.27. The lowest BCUT2D eigenvalue weighted by atomic mass is 9.86. The summed E-state index contributed by atoms with van der Waals surface area (Å²) in [6.45, 7) is 1.68. The van der Waals surface area contributed by atoms with E-state index in [0.717, 1.165) is 25.9 Å². The van der Waals surface area contributed by atoms with E-state index in [1.54, 1.807) is 11.4 Å². The summed E-state index contributed by atoms with van der Waals surface area (Å²) >= 11 is 0. The van der Waals surface area contributed by atoms with E-state index in [1.807, 2.05) is 0 Å². The first kappa shape index (κ1) is 12.3. The number of hydrogen-bond acceptors (Lipinski definition) is 3. The molecular weight excluding hydrogens is 224 g/mol. The van der Waals surface area contributed by atoms with Gasteiger partial charge in [0.15, 0.2) is 0 Å². The summed E-state index contributed by atoms with van der Waals surface area (Å²) in [7, 11) is -1.32. The van der Waals surface area contributed by atoms with Gasteiger partial charge >= 0.3 is 0 Å². The average molecular weight is 246 g/mol. The highest BCUT2D eigenvalue weighted by Gasteiger charge is 2.28.